The number of aromatic nitrogens is 1. The van der Waals surface area contributed by atoms with E-state index in [1.165, 1.54) is 19.3 Å². The highest BCUT2D eigenvalue weighted by molar-refractivity contribution is 5.78. The van der Waals surface area contributed by atoms with Crippen LogP contribution in [0.5, 0.6) is 5.88 Å². The molecule has 0 N–H and O–H groups in total. The predicted octanol–water partition coefficient (Wildman–Crippen LogP) is 3.02. The number of amides is 1. The number of likely N-dealkylation sites (tertiary alicyclic amines) is 1. The van der Waals surface area contributed by atoms with E-state index in [1.54, 1.807) is 0 Å². The molecule has 0 unspecified atom stereocenters. The number of piperidine rings is 1. The van der Waals surface area contributed by atoms with Crippen molar-refractivity contribution < 1.29 is 9.53 Å². The van der Waals surface area contributed by atoms with Crippen molar-refractivity contribution in [2.45, 2.75) is 71.1 Å². The predicted molar refractivity (Wildman–Crippen MR) is 101 cm³/mol. The third kappa shape index (κ3) is 3.73. The van der Waals surface area contributed by atoms with Gasteiger partial charge >= 0.3 is 0 Å². The highest BCUT2D eigenvalue weighted by Gasteiger charge is 2.30. The van der Waals surface area contributed by atoms with E-state index in [0.717, 1.165) is 62.1 Å². The van der Waals surface area contributed by atoms with Crippen molar-refractivity contribution in [3.63, 3.8) is 0 Å². The van der Waals surface area contributed by atoms with E-state index in [2.05, 4.69) is 11.0 Å². The lowest BCUT2D eigenvalue weighted by molar-refractivity contribution is -0.135. The van der Waals surface area contributed by atoms with Crippen LogP contribution in [0.15, 0.2) is 12.1 Å². The summed E-state index contributed by atoms with van der Waals surface area (Å²) in [6.45, 7) is 7.69. The summed E-state index contributed by atoms with van der Waals surface area (Å²) in [5.41, 5.74) is 2.26. The normalized spacial score (nSPS) is 22.2. The van der Waals surface area contributed by atoms with Gasteiger partial charge in [0.2, 0.25) is 11.8 Å². The lowest BCUT2D eigenvalue weighted by Gasteiger charge is -2.41. The molecule has 2 aliphatic heterocycles. The first-order chi connectivity index (χ1) is 12.6. The van der Waals surface area contributed by atoms with Gasteiger partial charge in [-0.3, -0.25) is 4.79 Å². The lowest BCUT2D eigenvalue weighted by Crippen LogP contribution is -2.46. The number of hydrogen-bond acceptors (Lipinski definition) is 4. The molecule has 142 valence electrons. The van der Waals surface area contributed by atoms with Crippen LogP contribution >= 0.6 is 0 Å². The van der Waals surface area contributed by atoms with Crippen LogP contribution < -0.4 is 4.74 Å². The maximum absolute atomic E-state index is 12.2. The van der Waals surface area contributed by atoms with E-state index in [-0.39, 0.29) is 11.8 Å². The Morgan fingerprint density at radius 1 is 1.15 bits per heavy atom. The first kappa shape index (κ1) is 17.8. The second-order valence-electron chi connectivity index (χ2n) is 8.36. The molecule has 26 heavy (non-hydrogen) atoms. The first-order valence-corrected chi connectivity index (χ1v) is 10.3. The van der Waals surface area contributed by atoms with Gasteiger partial charge in [-0.1, -0.05) is 26.3 Å². The zero-order valence-corrected chi connectivity index (χ0v) is 16.1. The number of ether oxygens (including phenoxy) is 1. The molecule has 5 heteroatoms. The summed E-state index contributed by atoms with van der Waals surface area (Å²) in [5.74, 6) is 1.04. The highest BCUT2D eigenvalue weighted by Crippen LogP contribution is 2.29. The van der Waals surface area contributed by atoms with Gasteiger partial charge in [0, 0.05) is 50.6 Å². The van der Waals surface area contributed by atoms with E-state index < -0.39 is 0 Å². The molecule has 5 nitrogen and oxygen atoms in total. The summed E-state index contributed by atoms with van der Waals surface area (Å²) >= 11 is 0. The number of carbonyl (C=O) groups is 1. The summed E-state index contributed by atoms with van der Waals surface area (Å²) < 4.78 is 6.20. The molecule has 1 aromatic rings. The topological polar surface area (TPSA) is 45.7 Å². The van der Waals surface area contributed by atoms with Crippen LogP contribution in [0.2, 0.25) is 0 Å². The van der Waals surface area contributed by atoms with E-state index in [1.807, 2.05) is 24.8 Å². The maximum Gasteiger partial charge on any atom is 0.225 e. The quantitative estimate of drug-likeness (QED) is 0.831. The third-order valence-electron chi connectivity index (χ3n) is 6.18. The van der Waals surface area contributed by atoms with Gasteiger partial charge in [0.15, 0.2) is 0 Å². The maximum atomic E-state index is 12.2. The molecular formula is C21H31N3O2. The Hall–Kier alpha value is -1.62. The lowest BCUT2D eigenvalue weighted by atomic mass is 9.90. The zero-order chi connectivity index (χ0) is 18.1. The van der Waals surface area contributed by atoms with Crippen molar-refractivity contribution in [3.8, 4) is 5.88 Å². The molecular weight excluding hydrogens is 326 g/mol. The Balaban J connectivity index is 1.33. The molecule has 0 radical (unpaired) electrons. The average molecular weight is 357 g/mol. The molecule has 0 bridgehead atoms. The Kier molecular flexibility index (Phi) is 5.16. The number of hydrogen-bond donors (Lipinski definition) is 0. The molecule has 0 atom stereocenters. The van der Waals surface area contributed by atoms with Gasteiger partial charge in [-0.15, -0.1) is 0 Å². The van der Waals surface area contributed by atoms with Crippen LogP contribution in [0.3, 0.4) is 0 Å². The number of nitrogens with zero attached hydrogens (tertiary/aromatic N) is 3. The molecule has 4 rings (SSSR count). The van der Waals surface area contributed by atoms with Crippen LogP contribution in [0, 0.1) is 5.92 Å². The highest BCUT2D eigenvalue weighted by atomic mass is 16.5. The molecule has 1 amide bonds. The summed E-state index contributed by atoms with van der Waals surface area (Å²) in [6, 6.07) is 4.93. The fraction of sp³-hybridized carbons (Fsp3) is 0.714. The van der Waals surface area contributed by atoms with Crippen molar-refractivity contribution in [1.82, 2.24) is 14.8 Å². The molecule has 1 saturated heterocycles. The van der Waals surface area contributed by atoms with Gasteiger partial charge in [0.25, 0.3) is 0 Å². The fourth-order valence-electron chi connectivity index (χ4n) is 4.30. The van der Waals surface area contributed by atoms with E-state index in [4.69, 9.17) is 9.72 Å². The smallest absolute Gasteiger partial charge is 0.225 e. The molecule has 3 heterocycles. The second kappa shape index (κ2) is 7.55. The van der Waals surface area contributed by atoms with Gasteiger partial charge in [0.05, 0.1) is 5.69 Å². The minimum Gasteiger partial charge on any atom is -0.474 e. The monoisotopic (exact) mass is 357 g/mol. The number of fused-ring (bicyclic) bond motifs is 1. The standard InChI is InChI=1S/C21H31N3O2/c1-15(2)21(25)24-13-10-19-16(14-24)6-7-20(22-19)26-18-8-11-23(12-9-18)17-4-3-5-17/h6-7,15,17-18H,3-5,8-14H2,1-2H3. The fourth-order valence-corrected chi connectivity index (χ4v) is 4.30. The number of pyridine rings is 1. The minimum atomic E-state index is 0.0536. The third-order valence-corrected chi connectivity index (χ3v) is 6.18. The summed E-state index contributed by atoms with van der Waals surface area (Å²) in [7, 11) is 0. The molecule has 1 saturated carbocycles. The van der Waals surface area contributed by atoms with Crippen LogP contribution in [-0.4, -0.2) is 52.5 Å². The molecule has 1 aromatic heterocycles. The summed E-state index contributed by atoms with van der Waals surface area (Å²) in [5, 5.41) is 0. The molecule has 2 fully saturated rings. The number of carbonyl (C=O) groups excluding carboxylic acids is 1. The van der Waals surface area contributed by atoms with Crippen LogP contribution in [0.1, 0.15) is 57.2 Å². The Morgan fingerprint density at radius 2 is 1.92 bits per heavy atom. The van der Waals surface area contributed by atoms with Crippen molar-refractivity contribution in [1.29, 1.82) is 0 Å². The van der Waals surface area contributed by atoms with Gasteiger partial charge in [-0.25, -0.2) is 4.98 Å². The SMILES string of the molecule is CC(C)C(=O)N1CCc2nc(OC3CCN(C4CCC4)CC3)ccc2C1. The Morgan fingerprint density at radius 3 is 2.58 bits per heavy atom. The average Bonchev–Trinajstić information content (AvgIpc) is 2.60. The minimum absolute atomic E-state index is 0.0536. The first-order valence-electron chi connectivity index (χ1n) is 10.3. The van der Waals surface area contributed by atoms with Crippen molar-refractivity contribution >= 4 is 5.91 Å². The Bertz CT molecular complexity index is 649. The molecule has 0 spiro atoms. The van der Waals surface area contributed by atoms with Gasteiger partial charge in [-0.05, 0) is 31.2 Å². The van der Waals surface area contributed by atoms with Crippen molar-refractivity contribution in [3.05, 3.63) is 23.4 Å². The van der Waals surface area contributed by atoms with Crippen molar-refractivity contribution in [2.24, 2.45) is 5.92 Å². The second-order valence-corrected chi connectivity index (χ2v) is 8.36. The van der Waals surface area contributed by atoms with Crippen LogP contribution in [0.4, 0.5) is 0 Å². The largest absolute Gasteiger partial charge is 0.474 e. The van der Waals surface area contributed by atoms with E-state index in [9.17, 15) is 4.79 Å². The van der Waals surface area contributed by atoms with E-state index in [0.29, 0.717) is 12.6 Å². The number of rotatable bonds is 4. The van der Waals surface area contributed by atoms with Crippen LogP contribution in [0.25, 0.3) is 0 Å². The van der Waals surface area contributed by atoms with Crippen LogP contribution in [-0.2, 0) is 17.8 Å². The molecule has 1 aliphatic carbocycles. The Labute approximate surface area is 156 Å². The zero-order valence-electron chi connectivity index (χ0n) is 16.1. The van der Waals surface area contributed by atoms with Gasteiger partial charge in [-0.2, -0.15) is 0 Å². The van der Waals surface area contributed by atoms with Gasteiger partial charge in [0.1, 0.15) is 6.10 Å². The summed E-state index contributed by atoms with van der Waals surface area (Å²) in [4.78, 5) is 21.6. The summed E-state index contributed by atoms with van der Waals surface area (Å²) in [6.07, 6.45) is 7.49. The van der Waals surface area contributed by atoms with Crippen molar-refractivity contribution in [2.75, 3.05) is 19.6 Å². The van der Waals surface area contributed by atoms with E-state index >= 15 is 0 Å². The molecule has 3 aliphatic rings. The van der Waals surface area contributed by atoms with Gasteiger partial charge < -0.3 is 14.5 Å². The molecule has 0 aromatic carbocycles.